The predicted molar refractivity (Wildman–Crippen MR) is 95.9 cm³/mol. The Morgan fingerprint density at radius 3 is 1.60 bits per heavy atom. The van der Waals surface area contributed by atoms with Gasteiger partial charge in [-0.05, 0) is 9.80 Å². The molecule has 2 saturated carbocycles. The molecule has 0 unspecified atom stereocenters. The minimum Gasteiger partial charge on any atom is -0.0779 e. The molecule has 0 aromatic rings. The Balaban J connectivity index is 2.15. The van der Waals surface area contributed by atoms with Crippen molar-refractivity contribution in [2.24, 2.45) is 5.41 Å². The molecule has 0 aromatic carbocycles. The van der Waals surface area contributed by atoms with Gasteiger partial charge in [-0.25, -0.2) is 0 Å². The van der Waals surface area contributed by atoms with Crippen molar-refractivity contribution in [3.8, 4) is 0 Å². The van der Waals surface area contributed by atoms with Crippen molar-refractivity contribution in [1.29, 1.82) is 0 Å². The fourth-order valence-corrected chi connectivity index (χ4v) is 5.77. The van der Waals surface area contributed by atoms with Gasteiger partial charge in [0.25, 0.3) is 0 Å². The Hall–Kier alpha value is 0.285. The van der Waals surface area contributed by atoms with Crippen molar-refractivity contribution in [3.63, 3.8) is 0 Å². The second-order valence-electron chi connectivity index (χ2n) is 8.22. The second-order valence-corrected chi connectivity index (χ2v) is 9.13. The third kappa shape index (κ3) is 4.93. The molecule has 0 heterocycles. The van der Waals surface area contributed by atoms with Crippen molar-refractivity contribution < 1.29 is 0 Å². The van der Waals surface area contributed by atoms with Gasteiger partial charge in [0.2, 0.25) is 0 Å². The molecule has 2 aliphatic carbocycles. The van der Waals surface area contributed by atoms with Crippen LogP contribution in [0.1, 0.15) is 85.0 Å². The highest BCUT2D eigenvalue weighted by Crippen LogP contribution is 2.45. The van der Waals surface area contributed by atoms with Crippen LogP contribution in [0.25, 0.3) is 0 Å². The van der Waals surface area contributed by atoms with Crippen molar-refractivity contribution >= 4 is 22.6 Å². The minimum absolute atomic E-state index is 0.292. The smallest absolute Gasteiger partial charge is 0.0779 e. The molecule has 0 aromatic heterocycles. The zero-order chi connectivity index (χ0) is 14.6. The number of hydrogen-bond acceptors (Lipinski definition) is 0. The quantitative estimate of drug-likeness (QED) is 0.485. The molecule has 0 aliphatic heterocycles. The first kappa shape index (κ1) is 16.7. The lowest BCUT2D eigenvalue weighted by Gasteiger charge is -2.36. The summed E-state index contributed by atoms with van der Waals surface area (Å²) in [6, 6.07) is 0. The van der Waals surface area contributed by atoms with E-state index < -0.39 is 0 Å². The van der Waals surface area contributed by atoms with Crippen LogP contribution in [0.3, 0.4) is 0 Å². The highest BCUT2D eigenvalue weighted by atomic mass is 79.9. The van der Waals surface area contributed by atoms with Gasteiger partial charge < -0.3 is 0 Å². The van der Waals surface area contributed by atoms with Crippen molar-refractivity contribution in [2.75, 3.05) is 0 Å². The third-order valence-electron chi connectivity index (χ3n) is 5.20. The maximum atomic E-state index is 4.01. The minimum atomic E-state index is 0.292. The summed E-state index contributed by atoms with van der Waals surface area (Å²) in [7, 11) is 0. The Labute approximate surface area is 135 Å². The van der Waals surface area contributed by atoms with Gasteiger partial charge in [0.05, 0.1) is 0 Å². The molecule has 0 amide bonds. The largest absolute Gasteiger partial charge is 0.191 e. The van der Waals surface area contributed by atoms with Crippen molar-refractivity contribution in [2.45, 2.75) is 96.6 Å². The number of hydrogen-bond donors (Lipinski definition) is 0. The van der Waals surface area contributed by atoms with Gasteiger partial charge in [-0.15, -0.1) is 0 Å². The second kappa shape index (κ2) is 7.52. The van der Waals surface area contributed by atoms with E-state index in [0.29, 0.717) is 5.41 Å². The van der Waals surface area contributed by atoms with E-state index in [2.05, 4.69) is 42.8 Å². The predicted octanol–water partition coefficient (Wildman–Crippen LogP) is 7.01. The molecular formula is C18H32BBr. The number of rotatable bonds is 3. The highest BCUT2D eigenvalue weighted by Gasteiger charge is 2.36. The molecule has 2 fully saturated rings. The van der Waals surface area contributed by atoms with Crippen LogP contribution in [-0.2, 0) is 0 Å². The van der Waals surface area contributed by atoms with Crippen LogP contribution in [0.4, 0.5) is 0 Å². The molecular weight excluding hydrogens is 307 g/mol. The summed E-state index contributed by atoms with van der Waals surface area (Å²) in [6.45, 7) is 7.79. The first-order valence-electron chi connectivity index (χ1n) is 8.85. The van der Waals surface area contributed by atoms with Crippen LogP contribution in [0.5, 0.6) is 0 Å². The zero-order valence-electron chi connectivity index (χ0n) is 13.8. The Morgan fingerprint density at radius 2 is 1.25 bits per heavy atom. The molecule has 0 nitrogen and oxygen atoms in total. The van der Waals surface area contributed by atoms with Crippen molar-refractivity contribution in [1.82, 2.24) is 0 Å². The lowest BCUT2D eigenvalue weighted by molar-refractivity contribution is 0.463. The summed E-state index contributed by atoms with van der Waals surface area (Å²) in [5.41, 5.74) is 0.292. The van der Waals surface area contributed by atoms with Gasteiger partial charge in [-0.2, -0.15) is 0 Å². The Bertz CT molecular complexity index is 299. The van der Waals surface area contributed by atoms with Gasteiger partial charge in [-0.3, -0.25) is 0 Å². The van der Waals surface area contributed by atoms with Crippen molar-refractivity contribution in [3.05, 3.63) is 10.5 Å². The van der Waals surface area contributed by atoms with Crippen LogP contribution < -0.4 is 0 Å². The fourth-order valence-electron chi connectivity index (χ4n) is 4.33. The Morgan fingerprint density at radius 1 is 0.850 bits per heavy atom. The molecule has 2 aliphatic rings. The summed E-state index contributed by atoms with van der Waals surface area (Å²) in [4.78, 5) is 0. The average molecular weight is 339 g/mol. The first-order valence-corrected chi connectivity index (χ1v) is 9.65. The number of allylic oxidation sites excluding steroid dienone is 1. The van der Waals surface area contributed by atoms with Crippen LogP contribution in [0.2, 0.25) is 11.6 Å². The summed E-state index contributed by atoms with van der Waals surface area (Å²) >= 11 is 4.01. The van der Waals surface area contributed by atoms with Gasteiger partial charge in [0.1, 0.15) is 0 Å². The molecule has 0 bridgehead atoms. The molecule has 20 heavy (non-hydrogen) atoms. The van der Waals surface area contributed by atoms with E-state index in [1.165, 1.54) is 68.6 Å². The molecule has 0 spiro atoms. The zero-order valence-corrected chi connectivity index (χ0v) is 15.3. The van der Waals surface area contributed by atoms with Crippen LogP contribution >= 0.6 is 15.9 Å². The Kier molecular flexibility index (Phi) is 6.26. The maximum absolute atomic E-state index is 4.01. The maximum Gasteiger partial charge on any atom is 0.191 e. The van der Waals surface area contributed by atoms with Crippen LogP contribution in [0, 0.1) is 5.41 Å². The molecule has 0 N–H and O–H groups in total. The normalized spacial score (nSPS) is 23.9. The van der Waals surface area contributed by atoms with E-state index in [9.17, 15) is 0 Å². The summed E-state index contributed by atoms with van der Waals surface area (Å²) in [5.74, 6) is 1.89. The SMILES string of the molecule is CC(C)(C)/C=C(\Br)B(C1CCCCC1)C1CCCCC1. The van der Waals surface area contributed by atoms with E-state index in [-0.39, 0.29) is 0 Å². The average Bonchev–Trinajstić information content (AvgIpc) is 2.39. The highest BCUT2D eigenvalue weighted by molar-refractivity contribution is 9.12. The molecule has 0 saturated heterocycles. The molecule has 0 atom stereocenters. The summed E-state index contributed by atoms with van der Waals surface area (Å²) in [6.07, 6.45) is 17.1. The van der Waals surface area contributed by atoms with E-state index in [1.54, 1.807) is 0 Å². The van der Waals surface area contributed by atoms with Crippen LogP contribution in [-0.4, -0.2) is 6.71 Å². The van der Waals surface area contributed by atoms with Gasteiger partial charge in [-0.1, -0.05) is 119 Å². The lowest BCUT2D eigenvalue weighted by Crippen LogP contribution is -2.31. The van der Waals surface area contributed by atoms with E-state index in [4.69, 9.17) is 0 Å². The standard InChI is InChI=1S/C18H32BBr/c1-18(2,3)14-17(20)19(15-10-6-4-7-11-15)16-12-8-5-9-13-16/h14-16H,4-13H2,1-3H3/b17-14-. The van der Waals surface area contributed by atoms with Gasteiger partial charge >= 0.3 is 0 Å². The van der Waals surface area contributed by atoms with Crippen LogP contribution in [0.15, 0.2) is 10.5 Å². The third-order valence-corrected chi connectivity index (χ3v) is 5.96. The topological polar surface area (TPSA) is 0 Å². The molecule has 114 valence electrons. The van der Waals surface area contributed by atoms with E-state index in [0.717, 1.165) is 18.3 Å². The first-order chi connectivity index (χ1) is 9.47. The molecule has 2 rings (SSSR count). The van der Waals surface area contributed by atoms with E-state index in [1.807, 2.05) is 0 Å². The monoisotopic (exact) mass is 338 g/mol. The number of halogens is 1. The molecule has 2 heteroatoms. The lowest BCUT2D eigenvalue weighted by atomic mass is 9.30. The summed E-state index contributed by atoms with van der Waals surface area (Å²) in [5, 5.41) is 0. The van der Waals surface area contributed by atoms with Gasteiger partial charge in [0, 0.05) is 0 Å². The summed E-state index contributed by atoms with van der Waals surface area (Å²) < 4.78 is 1.53. The molecule has 0 radical (unpaired) electrons. The van der Waals surface area contributed by atoms with E-state index >= 15 is 0 Å². The fraction of sp³-hybridized carbons (Fsp3) is 0.889. The van der Waals surface area contributed by atoms with Gasteiger partial charge in [0.15, 0.2) is 6.71 Å².